The SMILES string of the molecule is CC(Oc1ccccc1C(C)C)C(=O)Nc1cccc(-c2csc(-c3ccncc3)n2)c1. The first-order valence-electron chi connectivity index (χ1n) is 10.5. The van der Waals surface area contributed by atoms with Crippen molar-refractivity contribution in [1.29, 1.82) is 0 Å². The molecule has 2 aromatic heterocycles. The Hall–Kier alpha value is -3.51. The topological polar surface area (TPSA) is 64.1 Å². The van der Waals surface area contributed by atoms with E-state index in [1.54, 1.807) is 30.7 Å². The van der Waals surface area contributed by atoms with Crippen molar-refractivity contribution >= 4 is 22.9 Å². The van der Waals surface area contributed by atoms with Crippen LogP contribution in [0, 0.1) is 0 Å². The Morgan fingerprint density at radius 2 is 1.75 bits per heavy atom. The number of ether oxygens (including phenoxy) is 1. The Balaban J connectivity index is 1.46. The van der Waals surface area contributed by atoms with Gasteiger partial charge in [0.15, 0.2) is 6.10 Å². The van der Waals surface area contributed by atoms with Crippen molar-refractivity contribution in [2.75, 3.05) is 5.32 Å². The van der Waals surface area contributed by atoms with Gasteiger partial charge in [-0.05, 0) is 48.7 Å². The monoisotopic (exact) mass is 443 g/mol. The lowest BCUT2D eigenvalue weighted by molar-refractivity contribution is -0.122. The number of nitrogens with one attached hydrogen (secondary N) is 1. The molecule has 0 saturated carbocycles. The zero-order chi connectivity index (χ0) is 22.5. The summed E-state index contributed by atoms with van der Waals surface area (Å²) >= 11 is 1.58. The molecule has 162 valence electrons. The van der Waals surface area contributed by atoms with Gasteiger partial charge in [0.2, 0.25) is 0 Å². The molecule has 32 heavy (non-hydrogen) atoms. The van der Waals surface area contributed by atoms with E-state index < -0.39 is 6.10 Å². The van der Waals surface area contributed by atoms with Gasteiger partial charge in [-0.25, -0.2) is 4.98 Å². The average molecular weight is 444 g/mol. The number of amides is 1. The predicted octanol–water partition coefficient (Wildman–Crippen LogP) is 6.40. The number of nitrogens with zero attached hydrogens (tertiary/aromatic N) is 2. The zero-order valence-corrected chi connectivity index (χ0v) is 19.1. The van der Waals surface area contributed by atoms with Gasteiger partial charge in [-0.15, -0.1) is 11.3 Å². The molecule has 0 aliphatic rings. The Morgan fingerprint density at radius 1 is 0.969 bits per heavy atom. The van der Waals surface area contributed by atoms with Crippen molar-refractivity contribution < 1.29 is 9.53 Å². The van der Waals surface area contributed by atoms with Crippen molar-refractivity contribution in [3.8, 4) is 27.6 Å². The number of carbonyl (C=O) groups excluding carboxylic acids is 1. The molecule has 0 aliphatic carbocycles. The Morgan fingerprint density at radius 3 is 2.53 bits per heavy atom. The van der Waals surface area contributed by atoms with Crippen molar-refractivity contribution in [3.63, 3.8) is 0 Å². The molecule has 0 aliphatic heterocycles. The minimum atomic E-state index is -0.629. The minimum absolute atomic E-state index is 0.198. The number of hydrogen-bond acceptors (Lipinski definition) is 5. The second kappa shape index (κ2) is 9.75. The van der Waals surface area contributed by atoms with Gasteiger partial charge in [-0.2, -0.15) is 0 Å². The summed E-state index contributed by atoms with van der Waals surface area (Å²) in [5.41, 5.74) is 4.64. The first-order chi connectivity index (χ1) is 15.5. The van der Waals surface area contributed by atoms with Crippen molar-refractivity contribution in [3.05, 3.63) is 84.0 Å². The van der Waals surface area contributed by atoms with Crippen LogP contribution >= 0.6 is 11.3 Å². The maximum absolute atomic E-state index is 12.8. The van der Waals surface area contributed by atoms with Crippen LogP contribution in [0.3, 0.4) is 0 Å². The third kappa shape index (κ3) is 5.03. The van der Waals surface area contributed by atoms with Gasteiger partial charge in [-0.1, -0.05) is 44.2 Å². The smallest absolute Gasteiger partial charge is 0.265 e. The average Bonchev–Trinajstić information content (AvgIpc) is 3.30. The van der Waals surface area contributed by atoms with Crippen LogP contribution in [-0.2, 0) is 4.79 Å². The standard InChI is InChI=1S/C26H25N3O2S/c1-17(2)22-9-4-5-10-24(22)31-18(3)25(30)28-21-8-6-7-20(15-21)23-16-32-26(29-23)19-11-13-27-14-12-19/h4-18H,1-3H3,(H,28,30). The fourth-order valence-corrected chi connectivity index (χ4v) is 4.18. The lowest BCUT2D eigenvalue weighted by Gasteiger charge is -2.18. The highest BCUT2D eigenvalue weighted by Gasteiger charge is 2.18. The van der Waals surface area contributed by atoms with Gasteiger partial charge >= 0.3 is 0 Å². The molecule has 4 rings (SSSR count). The lowest BCUT2D eigenvalue weighted by Crippen LogP contribution is -2.30. The summed E-state index contributed by atoms with van der Waals surface area (Å²) in [5.74, 6) is 0.856. The highest BCUT2D eigenvalue weighted by molar-refractivity contribution is 7.13. The summed E-state index contributed by atoms with van der Waals surface area (Å²) in [6, 6.07) is 19.4. The molecule has 2 heterocycles. The summed E-state index contributed by atoms with van der Waals surface area (Å²) in [6.45, 7) is 5.98. The van der Waals surface area contributed by atoms with E-state index in [0.29, 0.717) is 11.6 Å². The van der Waals surface area contributed by atoms with E-state index in [2.05, 4.69) is 24.1 Å². The number of benzene rings is 2. The summed E-state index contributed by atoms with van der Waals surface area (Å²) < 4.78 is 5.98. The second-order valence-corrected chi connectivity index (χ2v) is 8.65. The number of aromatic nitrogens is 2. The normalized spacial score (nSPS) is 11.9. The molecule has 1 unspecified atom stereocenters. The van der Waals surface area contributed by atoms with E-state index in [1.807, 2.05) is 66.0 Å². The van der Waals surface area contributed by atoms with Gasteiger partial charge in [0.25, 0.3) is 5.91 Å². The van der Waals surface area contributed by atoms with Gasteiger partial charge in [0, 0.05) is 34.6 Å². The van der Waals surface area contributed by atoms with Crippen LogP contribution in [0.2, 0.25) is 0 Å². The van der Waals surface area contributed by atoms with Crippen molar-refractivity contribution in [2.45, 2.75) is 32.8 Å². The molecule has 0 bridgehead atoms. The van der Waals surface area contributed by atoms with Crippen LogP contribution in [0.25, 0.3) is 21.8 Å². The molecule has 1 amide bonds. The van der Waals surface area contributed by atoms with Gasteiger partial charge in [0.1, 0.15) is 10.8 Å². The van der Waals surface area contributed by atoms with E-state index in [0.717, 1.165) is 33.1 Å². The number of anilines is 1. The third-order valence-corrected chi connectivity index (χ3v) is 5.96. The third-order valence-electron chi connectivity index (χ3n) is 5.07. The number of pyridine rings is 1. The molecular formula is C26H25N3O2S. The summed E-state index contributed by atoms with van der Waals surface area (Å²) in [7, 11) is 0. The molecule has 1 atom stereocenters. The molecule has 6 heteroatoms. The van der Waals surface area contributed by atoms with E-state index in [1.165, 1.54) is 0 Å². The molecule has 0 saturated heterocycles. The van der Waals surface area contributed by atoms with Gasteiger partial charge in [0.05, 0.1) is 5.69 Å². The Labute approximate surface area is 192 Å². The number of carbonyl (C=O) groups is 1. The first kappa shape index (κ1) is 21.7. The fourth-order valence-electron chi connectivity index (χ4n) is 3.34. The second-order valence-electron chi connectivity index (χ2n) is 7.80. The molecule has 1 N–H and O–H groups in total. The Kier molecular flexibility index (Phi) is 6.61. The molecule has 0 radical (unpaired) electrons. The number of hydrogen-bond donors (Lipinski definition) is 1. The van der Waals surface area contributed by atoms with Crippen LogP contribution in [0.1, 0.15) is 32.3 Å². The number of thiazole rings is 1. The minimum Gasteiger partial charge on any atom is -0.481 e. The van der Waals surface area contributed by atoms with Crippen LogP contribution in [0.15, 0.2) is 78.4 Å². The molecule has 4 aromatic rings. The summed E-state index contributed by atoms with van der Waals surface area (Å²) in [5, 5.41) is 5.91. The van der Waals surface area contributed by atoms with E-state index in [4.69, 9.17) is 9.72 Å². The van der Waals surface area contributed by atoms with Crippen LogP contribution in [0.5, 0.6) is 5.75 Å². The largest absolute Gasteiger partial charge is 0.481 e. The van der Waals surface area contributed by atoms with Gasteiger partial charge in [-0.3, -0.25) is 9.78 Å². The maximum Gasteiger partial charge on any atom is 0.265 e. The summed E-state index contributed by atoms with van der Waals surface area (Å²) in [4.78, 5) is 21.6. The Bertz CT molecular complexity index is 1200. The molecule has 0 fully saturated rings. The summed E-state index contributed by atoms with van der Waals surface area (Å²) in [6.07, 6.45) is 2.89. The predicted molar refractivity (Wildman–Crippen MR) is 130 cm³/mol. The zero-order valence-electron chi connectivity index (χ0n) is 18.3. The van der Waals surface area contributed by atoms with E-state index >= 15 is 0 Å². The van der Waals surface area contributed by atoms with Crippen LogP contribution in [-0.4, -0.2) is 22.0 Å². The van der Waals surface area contributed by atoms with Crippen molar-refractivity contribution in [2.24, 2.45) is 0 Å². The molecule has 5 nitrogen and oxygen atoms in total. The van der Waals surface area contributed by atoms with E-state index in [9.17, 15) is 4.79 Å². The van der Waals surface area contributed by atoms with Gasteiger partial charge < -0.3 is 10.1 Å². The molecular weight excluding hydrogens is 418 g/mol. The number of rotatable bonds is 7. The highest BCUT2D eigenvalue weighted by atomic mass is 32.1. The quantitative estimate of drug-likeness (QED) is 0.359. The molecule has 2 aromatic carbocycles. The van der Waals surface area contributed by atoms with Crippen molar-refractivity contribution in [1.82, 2.24) is 9.97 Å². The maximum atomic E-state index is 12.8. The van der Waals surface area contributed by atoms with E-state index in [-0.39, 0.29) is 5.91 Å². The van der Waals surface area contributed by atoms with Crippen LogP contribution in [0.4, 0.5) is 5.69 Å². The first-order valence-corrected chi connectivity index (χ1v) is 11.4. The molecule has 0 spiro atoms. The number of para-hydroxylation sites is 1. The lowest BCUT2D eigenvalue weighted by atomic mass is 10.0. The highest BCUT2D eigenvalue weighted by Crippen LogP contribution is 2.30. The van der Waals surface area contributed by atoms with Crippen LogP contribution < -0.4 is 10.1 Å². The fraction of sp³-hybridized carbons (Fsp3) is 0.192.